The lowest BCUT2D eigenvalue weighted by molar-refractivity contribution is 0.0959. The summed E-state index contributed by atoms with van der Waals surface area (Å²) in [5.41, 5.74) is 1.83. The van der Waals surface area contributed by atoms with Gasteiger partial charge in [-0.2, -0.15) is 0 Å². The molecular weight excluding hydrogens is 336 g/mol. The summed E-state index contributed by atoms with van der Waals surface area (Å²) in [6.07, 6.45) is 7.76. The second-order valence-corrected chi connectivity index (χ2v) is 9.50. The van der Waals surface area contributed by atoms with E-state index in [0.29, 0.717) is 12.4 Å². The smallest absolute Gasteiger partial charge is 0.434 e. The van der Waals surface area contributed by atoms with Crippen molar-refractivity contribution in [2.24, 2.45) is 0 Å². The van der Waals surface area contributed by atoms with Crippen molar-refractivity contribution >= 4 is 6.16 Å². The molecule has 1 aromatic carbocycles. The van der Waals surface area contributed by atoms with Crippen LogP contribution >= 0.6 is 0 Å². The average Bonchev–Trinajstić information content (AvgIpc) is 2.55. The van der Waals surface area contributed by atoms with Crippen LogP contribution in [0.15, 0.2) is 18.2 Å². The van der Waals surface area contributed by atoms with E-state index in [1.54, 1.807) is 0 Å². The Hall–Kier alpha value is -1.51. The summed E-state index contributed by atoms with van der Waals surface area (Å²) < 4.78 is 11.1. The van der Waals surface area contributed by atoms with E-state index in [1.807, 2.05) is 18.2 Å². The maximum Gasteiger partial charge on any atom is 0.513 e. The van der Waals surface area contributed by atoms with Crippen molar-refractivity contribution in [3.63, 3.8) is 0 Å². The first-order valence-corrected chi connectivity index (χ1v) is 10.6. The average molecular weight is 377 g/mol. The lowest BCUT2D eigenvalue weighted by atomic mass is 9.79. The molecule has 3 nitrogen and oxygen atoms in total. The fourth-order valence-electron chi connectivity index (χ4n) is 3.16. The van der Waals surface area contributed by atoms with Crippen LogP contribution in [0.4, 0.5) is 4.79 Å². The van der Waals surface area contributed by atoms with Crippen molar-refractivity contribution in [3.05, 3.63) is 29.3 Å². The summed E-state index contributed by atoms with van der Waals surface area (Å²) in [6.45, 7) is 15.4. The Labute approximate surface area is 166 Å². The van der Waals surface area contributed by atoms with Gasteiger partial charge in [-0.05, 0) is 17.3 Å². The maximum absolute atomic E-state index is 12.3. The van der Waals surface area contributed by atoms with Crippen molar-refractivity contribution < 1.29 is 14.3 Å². The quantitative estimate of drug-likeness (QED) is 0.253. The largest absolute Gasteiger partial charge is 0.513 e. The van der Waals surface area contributed by atoms with Crippen molar-refractivity contribution in [1.82, 2.24) is 0 Å². The van der Waals surface area contributed by atoms with Gasteiger partial charge in [0.15, 0.2) is 0 Å². The van der Waals surface area contributed by atoms with Gasteiger partial charge in [0.1, 0.15) is 5.75 Å². The first-order chi connectivity index (χ1) is 12.6. The summed E-state index contributed by atoms with van der Waals surface area (Å²) in [7, 11) is 0. The summed E-state index contributed by atoms with van der Waals surface area (Å²) in [5, 5.41) is 0. The highest BCUT2D eigenvalue weighted by Crippen LogP contribution is 2.39. The van der Waals surface area contributed by atoms with Gasteiger partial charge in [-0.15, -0.1) is 0 Å². The predicted octanol–water partition coefficient (Wildman–Crippen LogP) is 7.55. The van der Waals surface area contributed by atoms with E-state index in [0.717, 1.165) is 24.0 Å². The van der Waals surface area contributed by atoms with Gasteiger partial charge in [0.2, 0.25) is 0 Å². The van der Waals surface area contributed by atoms with Gasteiger partial charge >= 0.3 is 6.16 Å². The van der Waals surface area contributed by atoms with Crippen molar-refractivity contribution in [1.29, 1.82) is 0 Å². The van der Waals surface area contributed by atoms with E-state index in [4.69, 9.17) is 9.47 Å². The number of unbranched alkanes of at least 4 members (excludes halogenated alkanes) is 6. The molecule has 0 aliphatic rings. The molecule has 0 bridgehead atoms. The minimum absolute atomic E-state index is 0.116. The van der Waals surface area contributed by atoms with Gasteiger partial charge in [0.05, 0.1) is 6.61 Å². The molecule has 0 unspecified atom stereocenters. The number of hydrogen-bond donors (Lipinski definition) is 0. The van der Waals surface area contributed by atoms with Crippen LogP contribution in [0.1, 0.15) is 105 Å². The number of para-hydroxylation sites is 1. The Morgan fingerprint density at radius 1 is 0.815 bits per heavy atom. The maximum atomic E-state index is 12.3. The minimum Gasteiger partial charge on any atom is -0.434 e. The second kappa shape index (κ2) is 10.7. The standard InChI is InChI=1S/C24H40O3/c1-8-9-10-11-12-13-14-18-26-22(25)27-21-19(23(2,3)4)16-15-17-20(21)24(5,6)7/h15-17H,8-14,18H2,1-7H3. The molecule has 0 spiro atoms. The SMILES string of the molecule is CCCCCCCCCOC(=O)Oc1c(C(C)(C)C)cccc1C(C)(C)C. The van der Waals surface area contributed by atoms with Crippen LogP contribution in [0.3, 0.4) is 0 Å². The molecule has 0 saturated carbocycles. The van der Waals surface area contributed by atoms with Crippen LogP contribution < -0.4 is 4.74 Å². The number of hydrogen-bond acceptors (Lipinski definition) is 3. The number of rotatable bonds is 9. The van der Waals surface area contributed by atoms with Crippen molar-refractivity contribution in [3.8, 4) is 5.75 Å². The lowest BCUT2D eigenvalue weighted by Crippen LogP contribution is -2.22. The molecule has 1 aromatic rings. The van der Waals surface area contributed by atoms with Gasteiger partial charge in [0.25, 0.3) is 0 Å². The van der Waals surface area contributed by atoms with Gasteiger partial charge in [-0.3, -0.25) is 0 Å². The fraction of sp³-hybridized carbons (Fsp3) is 0.708. The molecule has 0 amide bonds. The monoisotopic (exact) mass is 376 g/mol. The van der Waals surface area contributed by atoms with E-state index in [1.165, 1.54) is 32.1 Å². The zero-order valence-corrected chi connectivity index (χ0v) is 18.6. The van der Waals surface area contributed by atoms with Crippen molar-refractivity contribution in [2.45, 2.75) is 104 Å². The third-order valence-electron chi connectivity index (χ3n) is 4.78. The summed E-state index contributed by atoms with van der Waals surface area (Å²) in [4.78, 5) is 12.3. The number of ether oxygens (including phenoxy) is 2. The molecule has 154 valence electrons. The van der Waals surface area contributed by atoms with E-state index in [2.05, 4.69) is 48.5 Å². The number of carbonyl (C=O) groups excluding carboxylic acids is 1. The Morgan fingerprint density at radius 2 is 1.30 bits per heavy atom. The zero-order valence-electron chi connectivity index (χ0n) is 18.6. The fourth-order valence-corrected chi connectivity index (χ4v) is 3.16. The number of carbonyl (C=O) groups is 1. The van der Waals surface area contributed by atoms with Crippen LogP contribution in [0.2, 0.25) is 0 Å². The Morgan fingerprint density at radius 3 is 1.78 bits per heavy atom. The molecular formula is C24H40O3. The first-order valence-electron chi connectivity index (χ1n) is 10.6. The van der Waals surface area contributed by atoms with Crippen LogP contribution in [0.25, 0.3) is 0 Å². The highest BCUT2D eigenvalue weighted by Gasteiger charge is 2.28. The third kappa shape index (κ3) is 8.36. The van der Waals surface area contributed by atoms with Gasteiger partial charge in [-0.1, -0.05) is 105 Å². The predicted molar refractivity (Wildman–Crippen MR) is 114 cm³/mol. The van der Waals surface area contributed by atoms with Crippen molar-refractivity contribution in [2.75, 3.05) is 6.61 Å². The topological polar surface area (TPSA) is 35.5 Å². The molecule has 0 atom stereocenters. The van der Waals surface area contributed by atoms with Gasteiger partial charge < -0.3 is 9.47 Å². The molecule has 0 aliphatic carbocycles. The number of benzene rings is 1. The first kappa shape index (κ1) is 23.5. The molecule has 1 rings (SSSR count). The van der Waals surface area contributed by atoms with E-state index >= 15 is 0 Å². The summed E-state index contributed by atoms with van der Waals surface area (Å²) in [6, 6.07) is 6.11. The second-order valence-electron chi connectivity index (χ2n) is 9.50. The zero-order chi connectivity index (χ0) is 20.5. The van der Waals surface area contributed by atoms with E-state index < -0.39 is 6.16 Å². The third-order valence-corrected chi connectivity index (χ3v) is 4.78. The molecule has 0 aromatic heterocycles. The molecule has 0 N–H and O–H groups in total. The highest BCUT2D eigenvalue weighted by atomic mass is 16.7. The molecule has 0 aliphatic heterocycles. The molecule has 0 saturated heterocycles. The van der Waals surface area contributed by atoms with Crippen LogP contribution in [0, 0.1) is 0 Å². The Kier molecular flexibility index (Phi) is 9.35. The Balaban J connectivity index is 2.65. The molecule has 3 heteroatoms. The molecule has 0 fully saturated rings. The summed E-state index contributed by atoms with van der Waals surface area (Å²) in [5.74, 6) is 0.655. The Bertz CT molecular complexity index is 544. The van der Waals surface area contributed by atoms with Crippen LogP contribution in [-0.2, 0) is 15.6 Å². The van der Waals surface area contributed by atoms with Crippen LogP contribution in [-0.4, -0.2) is 12.8 Å². The normalized spacial score (nSPS) is 12.1. The van der Waals surface area contributed by atoms with E-state index in [9.17, 15) is 4.79 Å². The highest BCUT2D eigenvalue weighted by molar-refractivity contribution is 5.66. The minimum atomic E-state index is -0.594. The lowest BCUT2D eigenvalue weighted by Gasteiger charge is -2.28. The van der Waals surface area contributed by atoms with Gasteiger partial charge in [0, 0.05) is 11.1 Å². The van der Waals surface area contributed by atoms with Gasteiger partial charge in [-0.25, -0.2) is 4.79 Å². The molecule has 27 heavy (non-hydrogen) atoms. The molecule has 0 heterocycles. The van der Waals surface area contributed by atoms with E-state index in [-0.39, 0.29) is 10.8 Å². The molecule has 0 radical (unpaired) electrons. The summed E-state index contributed by atoms with van der Waals surface area (Å²) >= 11 is 0. The van der Waals surface area contributed by atoms with Crippen LogP contribution in [0.5, 0.6) is 5.75 Å².